The third-order valence-corrected chi connectivity index (χ3v) is 4.10. The number of nitrogens with zero attached hydrogens (tertiary/aromatic N) is 2. The van der Waals surface area contributed by atoms with Gasteiger partial charge < -0.3 is 10.6 Å². The van der Waals surface area contributed by atoms with Crippen molar-refractivity contribution >= 4 is 17.3 Å². The van der Waals surface area contributed by atoms with Crippen molar-refractivity contribution in [3.05, 3.63) is 89.7 Å². The molecule has 1 aromatic heterocycles. The highest BCUT2D eigenvalue weighted by atomic mass is 16.1. The maximum atomic E-state index is 12.4. The number of carbonyl (C=O) groups is 1. The second-order valence-electron chi connectivity index (χ2n) is 6.06. The third-order valence-electron chi connectivity index (χ3n) is 4.10. The first-order chi connectivity index (χ1) is 13.3. The first-order valence-electron chi connectivity index (χ1n) is 8.80. The largest absolute Gasteiger partial charge is 0.385 e. The predicted octanol–water partition coefficient (Wildman–Crippen LogP) is 4.25. The molecule has 27 heavy (non-hydrogen) atoms. The van der Waals surface area contributed by atoms with Gasteiger partial charge in [0.05, 0.1) is 11.3 Å². The number of anilines is 2. The number of nitriles is 1. The van der Waals surface area contributed by atoms with Crippen LogP contribution < -0.4 is 10.6 Å². The number of aryl methyl sites for hydroxylation is 1. The Morgan fingerprint density at radius 1 is 1.04 bits per heavy atom. The molecule has 0 aliphatic rings. The monoisotopic (exact) mass is 356 g/mol. The molecule has 1 heterocycles. The molecule has 5 nitrogen and oxygen atoms in total. The quantitative estimate of drug-likeness (QED) is 0.620. The van der Waals surface area contributed by atoms with Crippen LogP contribution in [0.5, 0.6) is 0 Å². The molecule has 0 unspecified atom stereocenters. The van der Waals surface area contributed by atoms with Gasteiger partial charge in [0.1, 0.15) is 11.8 Å². The van der Waals surface area contributed by atoms with E-state index in [1.165, 1.54) is 5.56 Å². The van der Waals surface area contributed by atoms with Gasteiger partial charge in [-0.15, -0.1) is 0 Å². The number of para-hydroxylation sites is 1. The smallest absolute Gasteiger partial charge is 0.274 e. The van der Waals surface area contributed by atoms with Crippen LogP contribution in [0.15, 0.2) is 72.9 Å². The molecule has 0 atom stereocenters. The minimum atomic E-state index is -0.342. The standard InChI is InChI=1S/C22H20N4O/c23-16-18-10-4-5-11-20(18)26-22(27)21-15-19(12-14-25-21)24-13-6-9-17-7-2-1-3-8-17/h1-5,7-8,10-12,14-15H,6,9,13H2,(H,24,25)(H,26,27). The Morgan fingerprint density at radius 3 is 2.63 bits per heavy atom. The van der Waals surface area contributed by atoms with Gasteiger partial charge in [-0.3, -0.25) is 9.78 Å². The second kappa shape index (κ2) is 9.16. The van der Waals surface area contributed by atoms with Crippen LogP contribution in [0.25, 0.3) is 0 Å². The summed E-state index contributed by atoms with van der Waals surface area (Å²) >= 11 is 0. The lowest BCUT2D eigenvalue weighted by atomic mass is 10.1. The van der Waals surface area contributed by atoms with E-state index in [9.17, 15) is 4.79 Å². The van der Waals surface area contributed by atoms with Crippen molar-refractivity contribution in [1.82, 2.24) is 4.98 Å². The Hall–Kier alpha value is -3.65. The SMILES string of the molecule is N#Cc1ccccc1NC(=O)c1cc(NCCCc2ccccc2)ccn1. The summed E-state index contributed by atoms with van der Waals surface area (Å²) < 4.78 is 0. The second-order valence-corrected chi connectivity index (χ2v) is 6.06. The fourth-order valence-electron chi connectivity index (χ4n) is 2.71. The van der Waals surface area contributed by atoms with E-state index in [-0.39, 0.29) is 5.91 Å². The Bertz CT molecular complexity index is 948. The van der Waals surface area contributed by atoms with Crippen molar-refractivity contribution in [2.45, 2.75) is 12.8 Å². The summed E-state index contributed by atoms with van der Waals surface area (Å²) in [4.78, 5) is 16.6. The minimum Gasteiger partial charge on any atom is -0.385 e. The first kappa shape index (κ1) is 18.2. The number of nitrogens with one attached hydrogen (secondary N) is 2. The van der Waals surface area contributed by atoms with Crippen molar-refractivity contribution in [2.75, 3.05) is 17.2 Å². The van der Waals surface area contributed by atoms with E-state index in [2.05, 4.69) is 33.8 Å². The van der Waals surface area contributed by atoms with Crippen LogP contribution in [0, 0.1) is 11.3 Å². The summed E-state index contributed by atoms with van der Waals surface area (Å²) in [6.07, 6.45) is 3.59. The fraction of sp³-hybridized carbons (Fsp3) is 0.136. The van der Waals surface area contributed by atoms with Gasteiger partial charge in [0.15, 0.2) is 0 Å². The highest BCUT2D eigenvalue weighted by Gasteiger charge is 2.10. The van der Waals surface area contributed by atoms with Gasteiger partial charge in [-0.2, -0.15) is 5.26 Å². The maximum Gasteiger partial charge on any atom is 0.274 e. The number of pyridine rings is 1. The van der Waals surface area contributed by atoms with Crippen LogP contribution >= 0.6 is 0 Å². The van der Waals surface area contributed by atoms with E-state index in [4.69, 9.17) is 5.26 Å². The molecular formula is C22H20N4O. The van der Waals surface area contributed by atoms with E-state index in [0.29, 0.717) is 16.9 Å². The van der Waals surface area contributed by atoms with E-state index >= 15 is 0 Å². The molecule has 0 spiro atoms. The molecule has 5 heteroatoms. The van der Waals surface area contributed by atoms with Crippen molar-refractivity contribution < 1.29 is 4.79 Å². The minimum absolute atomic E-state index is 0.302. The average molecular weight is 356 g/mol. The Kier molecular flexibility index (Phi) is 6.16. The van der Waals surface area contributed by atoms with Gasteiger partial charge in [0, 0.05) is 18.4 Å². The molecule has 0 aliphatic carbocycles. The highest BCUT2D eigenvalue weighted by Crippen LogP contribution is 2.16. The summed E-state index contributed by atoms with van der Waals surface area (Å²) in [5.74, 6) is -0.342. The number of aromatic nitrogens is 1. The third kappa shape index (κ3) is 5.16. The zero-order valence-corrected chi connectivity index (χ0v) is 14.9. The molecule has 2 aromatic carbocycles. The maximum absolute atomic E-state index is 12.4. The lowest BCUT2D eigenvalue weighted by molar-refractivity contribution is 0.102. The highest BCUT2D eigenvalue weighted by molar-refractivity contribution is 6.04. The van der Waals surface area contributed by atoms with Crippen molar-refractivity contribution in [3.8, 4) is 6.07 Å². The number of carbonyl (C=O) groups excluding carboxylic acids is 1. The van der Waals surface area contributed by atoms with Crippen molar-refractivity contribution in [3.63, 3.8) is 0 Å². The fourth-order valence-corrected chi connectivity index (χ4v) is 2.71. The molecule has 0 saturated carbocycles. The lowest BCUT2D eigenvalue weighted by Gasteiger charge is -2.09. The summed E-state index contributed by atoms with van der Waals surface area (Å²) in [5.41, 5.74) is 3.35. The summed E-state index contributed by atoms with van der Waals surface area (Å²) in [7, 11) is 0. The zero-order valence-electron chi connectivity index (χ0n) is 14.9. The van der Waals surface area contributed by atoms with E-state index in [1.807, 2.05) is 24.3 Å². The van der Waals surface area contributed by atoms with Crippen molar-refractivity contribution in [1.29, 1.82) is 5.26 Å². The van der Waals surface area contributed by atoms with Crippen molar-refractivity contribution in [2.24, 2.45) is 0 Å². The van der Waals surface area contributed by atoms with Crippen LogP contribution in [0.3, 0.4) is 0 Å². The number of hydrogen-bond acceptors (Lipinski definition) is 4. The van der Waals surface area contributed by atoms with Crippen LogP contribution in [0.2, 0.25) is 0 Å². The van der Waals surface area contributed by atoms with Gasteiger partial charge in [0.2, 0.25) is 0 Å². The van der Waals surface area contributed by atoms with Crippen LogP contribution in [0.4, 0.5) is 11.4 Å². The summed E-state index contributed by atoms with van der Waals surface area (Å²) in [6, 6.07) is 22.8. The van der Waals surface area contributed by atoms with Gasteiger partial charge >= 0.3 is 0 Å². The number of rotatable bonds is 7. The molecular weight excluding hydrogens is 336 g/mol. The molecule has 3 aromatic rings. The Balaban J connectivity index is 1.56. The Labute approximate surface area is 158 Å². The number of amides is 1. The van der Waals surface area contributed by atoms with Crippen LogP contribution in [-0.4, -0.2) is 17.4 Å². The molecule has 3 rings (SSSR count). The number of hydrogen-bond donors (Lipinski definition) is 2. The molecule has 2 N–H and O–H groups in total. The predicted molar refractivity (Wildman–Crippen MR) is 107 cm³/mol. The molecule has 134 valence electrons. The van der Waals surface area contributed by atoms with Crippen LogP contribution in [0.1, 0.15) is 28.0 Å². The van der Waals surface area contributed by atoms with Crippen LogP contribution in [-0.2, 0) is 6.42 Å². The average Bonchev–Trinajstić information content (AvgIpc) is 2.72. The van der Waals surface area contributed by atoms with Gasteiger partial charge in [-0.25, -0.2) is 0 Å². The molecule has 0 saturated heterocycles. The van der Waals surface area contributed by atoms with Gasteiger partial charge in [0.25, 0.3) is 5.91 Å². The van der Waals surface area contributed by atoms with E-state index in [1.54, 1.807) is 36.5 Å². The Morgan fingerprint density at radius 2 is 1.81 bits per heavy atom. The van der Waals surface area contributed by atoms with Gasteiger partial charge in [-0.1, -0.05) is 42.5 Å². The number of benzene rings is 2. The normalized spacial score (nSPS) is 10.0. The summed E-state index contributed by atoms with van der Waals surface area (Å²) in [6.45, 7) is 0.803. The molecule has 0 aliphatic heterocycles. The molecule has 1 amide bonds. The van der Waals surface area contributed by atoms with E-state index < -0.39 is 0 Å². The molecule has 0 bridgehead atoms. The molecule has 0 radical (unpaired) electrons. The van der Waals surface area contributed by atoms with Gasteiger partial charge in [-0.05, 0) is 42.7 Å². The van der Waals surface area contributed by atoms with E-state index in [0.717, 1.165) is 25.1 Å². The molecule has 0 fully saturated rings. The zero-order chi connectivity index (χ0) is 18.9. The summed E-state index contributed by atoms with van der Waals surface area (Å²) in [5, 5.41) is 15.2. The first-order valence-corrected chi connectivity index (χ1v) is 8.80. The topological polar surface area (TPSA) is 77.8 Å². The lowest BCUT2D eigenvalue weighted by Crippen LogP contribution is -2.15.